The van der Waals surface area contributed by atoms with Crippen LogP contribution in [0.15, 0.2) is 84.9 Å². The Kier molecular flexibility index (Phi) is 8.29. The number of fused-ring (bicyclic) bond motifs is 4. The van der Waals surface area contributed by atoms with Crippen molar-refractivity contribution in [3.05, 3.63) is 112 Å². The lowest BCUT2D eigenvalue weighted by Gasteiger charge is -2.56. The molecule has 1 aromatic heterocycles. The minimum Gasteiger partial charge on any atom is -0.479 e. The molecule has 0 radical (unpaired) electrons. The Morgan fingerprint density at radius 3 is 2.51 bits per heavy atom. The van der Waals surface area contributed by atoms with Crippen LogP contribution in [0.4, 0.5) is 5.69 Å². The lowest BCUT2D eigenvalue weighted by molar-refractivity contribution is -0.385. The molecular weight excluding hydrogens is 614 g/mol. The van der Waals surface area contributed by atoms with Crippen molar-refractivity contribution >= 4 is 22.7 Å². The Morgan fingerprint density at radius 2 is 1.78 bits per heavy atom. The van der Waals surface area contributed by atoms with Crippen molar-refractivity contribution in [1.82, 2.24) is 9.55 Å². The summed E-state index contributed by atoms with van der Waals surface area (Å²) in [6.45, 7) is 9.48. The molecule has 3 atom stereocenters. The molecule has 8 nitrogen and oxygen atoms in total. The zero-order valence-corrected chi connectivity index (χ0v) is 28.6. The van der Waals surface area contributed by atoms with Gasteiger partial charge in [0.1, 0.15) is 5.82 Å². The van der Waals surface area contributed by atoms with Crippen molar-refractivity contribution in [2.24, 2.45) is 11.3 Å². The SMILES string of the molecule is CC(C)c1ccc2c(c1)CC[C@H]1[C@@](C)(Cn3c(-c4ccc([N+](=O)[O-])c(OCC(=O)O)c4)nc4cc(-c5ccccc5)ccc43)CCC[C@]21C. The number of carboxylic acids is 1. The average molecular weight is 658 g/mol. The molecule has 49 heavy (non-hydrogen) atoms. The second-order valence-corrected chi connectivity index (χ2v) is 14.8. The number of hydrogen-bond donors (Lipinski definition) is 1. The summed E-state index contributed by atoms with van der Waals surface area (Å²) in [5, 5.41) is 21.1. The Bertz CT molecular complexity index is 2070. The Morgan fingerprint density at radius 1 is 1.00 bits per heavy atom. The zero-order chi connectivity index (χ0) is 34.5. The van der Waals surface area contributed by atoms with Crippen LogP contribution in [-0.4, -0.2) is 32.2 Å². The molecule has 1 heterocycles. The number of hydrogen-bond acceptors (Lipinski definition) is 5. The summed E-state index contributed by atoms with van der Waals surface area (Å²) in [5.74, 6) is 0.336. The van der Waals surface area contributed by atoms with E-state index in [-0.39, 0.29) is 22.3 Å². The summed E-state index contributed by atoms with van der Waals surface area (Å²) < 4.78 is 7.73. The van der Waals surface area contributed by atoms with E-state index in [2.05, 4.69) is 80.8 Å². The van der Waals surface area contributed by atoms with Gasteiger partial charge >= 0.3 is 11.7 Å². The van der Waals surface area contributed by atoms with Gasteiger partial charge in [0, 0.05) is 18.2 Å². The summed E-state index contributed by atoms with van der Waals surface area (Å²) in [6, 6.07) is 28.4. The second kappa shape index (κ2) is 12.5. The number of nitro groups is 1. The number of imidazole rings is 1. The van der Waals surface area contributed by atoms with E-state index in [1.807, 2.05) is 18.2 Å². The van der Waals surface area contributed by atoms with E-state index >= 15 is 0 Å². The van der Waals surface area contributed by atoms with Gasteiger partial charge in [0.2, 0.25) is 0 Å². The minimum absolute atomic E-state index is 0.0503. The van der Waals surface area contributed by atoms with Gasteiger partial charge in [-0.25, -0.2) is 9.78 Å². The fourth-order valence-corrected chi connectivity index (χ4v) is 8.93. The van der Waals surface area contributed by atoms with E-state index in [0.29, 0.717) is 23.2 Å². The Balaban J connectivity index is 1.35. The van der Waals surface area contributed by atoms with Gasteiger partial charge in [0.05, 0.1) is 16.0 Å². The molecule has 0 spiro atoms. The smallest absolute Gasteiger partial charge is 0.341 e. The summed E-state index contributed by atoms with van der Waals surface area (Å²) >= 11 is 0. The van der Waals surface area contributed by atoms with Crippen LogP contribution in [0.5, 0.6) is 5.75 Å². The molecule has 0 amide bonds. The molecule has 4 aromatic carbocycles. The molecule has 8 heteroatoms. The van der Waals surface area contributed by atoms with Gasteiger partial charge in [-0.05, 0) is 100 Å². The largest absolute Gasteiger partial charge is 0.479 e. The van der Waals surface area contributed by atoms with Crippen LogP contribution in [0.1, 0.15) is 76.0 Å². The van der Waals surface area contributed by atoms with Crippen molar-refractivity contribution in [3.8, 4) is 28.3 Å². The Hall–Kier alpha value is -4.98. The third kappa shape index (κ3) is 5.87. The predicted octanol–water partition coefficient (Wildman–Crippen LogP) is 9.58. The van der Waals surface area contributed by atoms with E-state index in [4.69, 9.17) is 9.72 Å². The topological polar surface area (TPSA) is 107 Å². The molecule has 2 aliphatic carbocycles. The summed E-state index contributed by atoms with van der Waals surface area (Å²) in [6.07, 6.45) is 5.55. The van der Waals surface area contributed by atoms with E-state index < -0.39 is 17.5 Å². The normalized spacial score (nSPS) is 21.7. The van der Waals surface area contributed by atoms with Crippen molar-refractivity contribution in [2.45, 2.75) is 77.7 Å². The second-order valence-electron chi connectivity index (χ2n) is 14.8. The number of aliphatic carboxylic acids is 1. The van der Waals surface area contributed by atoms with E-state index in [1.165, 1.54) is 22.8 Å². The molecule has 0 aliphatic heterocycles. The standard InChI is InChI=1S/C41H43N3O5/c1-26(2)28-11-15-32-30(21-28)14-18-37-40(3,19-8-20-41(32,37)4)25-43-34-16-12-29(27-9-6-5-7-10-27)22-33(34)42-39(43)31-13-17-35(44(47)48)36(23-31)49-24-38(45)46/h5-7,9-13,15-17,21-23,26,37H,8,14,18-20,24-25H2,1-4H3,(H,45,46)/t37-,40+,41+/m0/s1. The molecule has 5 aromatic rings. The molecule has 2 aliphatic rings. The van der Waals surface area contributed by atoms with Gasteiger partial charge < -0.3 is 14.4 Å². The van der Waals surface area contributed by atoms with Crippen LogP contribution >= 0.6 is 0 Å². The van der Waals surface area contributed by atoms with Gasteiger partial charge in [0.25, 0.3) is 0 Å². The predicted molar refractivity (Wildman–Crippen MR) is 192 cm³/mol. The molecule has 1 N–H and O–H groups in total. The highest BCUT2D eigenvalue weighted by Gasteiger charge is 2.52. The fourth-order valence-electron chi connectivity index (χ4n) is 8.93. The lowest BCUT2D eigenvalue weighted by atomic mass is 9.49. The third-order valence-corrected chi connectivity index (χ3v) is 11.3. The molecule has 1 saturated carbocycles. The number of benzene rings is 4. The number of aromatic nitrogens is 2. The maximum Gasteiger partial charge on any atom is 0.341 e. The quantitative estimate of drug-likeness (QED) is 0.125. The van der Waals surface area contributed by atoms with Gasteiger partial charge in [-0.2, -0.15) is 0 Å². The van der Waals surface area contributed by atoms with Crippen LogP contribution in [0.3, 0.4) is 0 Å². The summed E-state index contributed by atoms with van der Waals surface area (Å²) in [4.78, 5) is 27.8. The number of ether oxygens (including phenoxy) is 1. The zero-order valence-electron chi connectivity index (χ0n) is 28.6. The highest BCUT2D eigenvalue weighted by atomic mass is 16.6. The first kappa shape index (κ1) is 32.6. The van der Waals surface area contributed by atoms with Crippen LogP contribution in [0.2, 0.25) is 0 Å². The molecule has 0 bridgehead atoms. The van der Waals surface area contributed by atoms with E-state index in [0.717, 1.165) is 60.8 Å². The van der Waals surface area contributed by atoms with Gasteiger partial charge in [0.15, 0.2) is 12.4 Å². The van der Waals surface area contributed by atoms with Crippen molar-refractivity contribution in [1.29, 1.82) is 0 Å². The minimum atomic E-state index is -1.21. The molecule has 7 rings (SSSR count). The summed E-state index contributed by atoms with van der Waals surface area (Å²) in [7, 11) is 0. The number of carboxylic acid groups (broad SMARTS) is 1. The van der Waals surface area contributed by atoms with E-state index in [9.17, 15) is 20.0 Å². The van der Waals surface area contributed by atoms with Crippen LogP contribution in [-0.2, 0) is 23.2 Å². The van der Waals surface area contributed by atoms with Gasteiger partial charge in [-0.15, -0.1) is 0 Å². The first-order valence-electron chi connectivity index (χ1n) is 17.3. The van der Waals surface area contributed by atoms with Gasteiger partial charge in [-0.3, -0.25) is 10.1 Å². The maximum atomic E-state index is 11.9. The van der Waals surface area contributed by atoms with E-state index in [1.54, 1.807) is 12.1 Å². The number of nitrogens with zero attached hydrogens (tertiary/aromatic N) is 3. The average Bonchev–Trinajstić information content (AvgIpc) is 3.44. The molecule has 252 valence electrons. The highest BCUT2D eigenvalue weighted by Crippen LogP contribution is 2.58. The van der Waals surface area contributed by atoms with Crippen LogP contribution in [0, 0.1) is 21.4 Å². The monoisotopic (exact) mass is 657 g/mol. The van der Waals surface area contributed by atoms with Crippen LogP contribution < -0.4 is 4.74 Å². The molecule has 1 fully saturated rings. The van der Waals surface area contributed by atoms with Gasteiger partial charge in [-0.1, -0.05) is 88.7 Å². The number of carbonyl (C=O) groups is 1. The highest BCUT2D eigenvalue weighted by molar-refractivity contribution is 5.86. The van der Waals surface area contributed by atoms with Crippen LogP contribution in [0.25, 0.3) is 33.5 Å². The number of nitro benzene ring substituents is 1. The number of aryl methyl sites for hydroxylation is 1. The fraction of sp³-hybridized carbons (Fsp3) is 0.366. The number of rotatable bonds is 9. The maximum absolute atomic E-state index is 11.9. The molecule has 0 saturated heterocycles. The van der Waals surface area contributed by atoms with Crippen molar-refractivity contribution < 1.29 is 19.6 Å². The molecular formula is C41H43N3O5. The first-order chi connectivity index (χ1) is 23.5. The summed E-state index contributed by atoms with van der Waals surface area (Å²) in [5.41, 5.74) is 8.73. The third-order valence-electron chi connectivity index (χ3n) is 11.3. The van der Waals surface area contributed by atoms with Crippen molar-refractivity contribution in [3.63, 3.8) is 0 Å². The first-order valence-corrected chi connectivity index (χ1v) is 17.3. The lowest BCUT2D eigenvalue weighted by Crippen LogP contribution is -2.50. The van der Waals surface area contributed by atoms with Crippen molar-refractivity contribution in [2.75, 3.05) is 6.61 Å². The molecule has 0 unspecified atom stereocenters. The Labute approximate surface area is 286 Å².